The van der Waals surface area contributed by atoms with E-state index >= 15 is 0 Å². The molecular weight excluding hydrogens is 392 g/mol. The summed E-state index contributed by atoms with van der Waals surface area (Å²) < 4.78 is 6.56. The Morgan fingerprint density at radius 3 is 1.83 bits per heavy atom. The van der Waals surface area contributed by atoms with Crippen LogP contribution >= 0.6 is 11.8 Å². The minimum absolute atomic E-state index is 0.0784. The molecule has 1 saturated heterocycles. The van der Waals surface area contributed by atoms with Crippen LogP contribution < -0.4 is 0 Å². The summed E-state index contributed by atoms with van der Waals surface area (Å²) >= 11 is 2.02. The highest BCUT2D eigenvalue weighted by Gasteiger charge is 2.39. The highest BCUT2D eigenvalue weighted by Crippen LogP contribution is 2.48. The number of ether oxygens (including phenoxy) is 1. The van der Waals surface area contributed by atoms with Gasteiger partial charge < -0.3 is 9.84 Å². The maximum absolute atomic E-state index is 13.0. The van der Waals surface area contributed by atoms with Gasteiger partial charge in [-0.1, -0.05) is 69.2 Å². The molecule has 1 fully saturated rings. The average Bonchev–Trinajstić information content (AvgIpc) is 2.49. The van der Waals surface area contributed by atoms with Crippen molar-refractivity contribution in [3.63, 3.8) is 0 Å². The third-order valence-corrected chi connectivity index (χ3v) is 7.16. The molecule has 1 N–H and O–H groups in total. The van der Waals surface area contributed by atoms with Crippen molar-refractivity contribution in [1.82, 2.24) is 0 Å². The van der Waals surface area contributed by atoms with E-state index in [-0.39, 0.29) is 32.2 Å². The number of hydrogen-bond acceptors (Lipinski definition) is 4. The smallest absolute Gasteiger partial charge is 0.165 e. The van der Waals surface area contributed by atoms with Crippen LogP contribution in [0.1, 0.15) is 110 Å². The summed E-state index contributed by atoms with van der Waals surface area (Å²) in [5.41, 5.74) is 1.84. The monoisotopic (exact) mass is 434 g/mol. The number of hydrogen-bond donors (Lipinski definition) is 1. The Labute approximate surface area is 188 Å². The molecule has 4 heteroatoms. The molecule has 0 aromatic heterocycles. The normalized spacial score (nSPS) is 19.7. The van der Waals surface area contributed by atoms with Gasteiger partial charge in [0.15, 0.2) is 5.78 Å². The lowest BCUT2D eigenvalue weighted by atomic mass is 9.78. The number of carbonyl (C=O) groups is 1. The predicted octanol–water partition coefficient (Wildman–Crippen LogP) is 7.03. The zero-order chi connectivity index (χ0) is 23.1. The molecule has 30 heavy (non-hydrogen) atoms. The topological polar surface area (TPSA) is 46.5 Å². The second kappa shape index (κ2) is 8.50. The van der Waals surface area contributed by atoms with E-state index in [1.165, 1.54) is 0 Å². The minimum Gasteiger partial charge on any atom is -0.507 e. The fourth-order valence-corrected chi connectivity index (χ4v) is 6.55. The van der Waals surface area contributed by atoms with E-state index in [1.807, 2.05) is 23.9 Å². The highest BCUT2D eigenvalue weighted by atomic mass is 32.2. The summed E-state index contributed by atoms with van der Waals surface area (Å²) in [5.74, 6) is 0.390. The zero-order valence-electron chi connectivity index (χ0n) is 20.7. The van der Waals surface area contributed by atoms with E-state index in [0.717, 1.165) is 24.0 Å². The van der Waals surface area contributed by atoms with Crippen LogP contribution in [0, 0.1) is 0 Å². The number of benzene rings is 1. The van der Waals surface area contributed by atoms with Crippen molar-refractivity contribution in [1.29, 1.82) is 0 Å². The van der Waals surface area contributed by atoms with Crippen molar-refractivity contribution in [2.75, 3.05) is 6.61 Å². The van der Waals surface area contributed by atoms with E-state index < -0.39 is 0 Å². The van der Waals surface area contributed by atoms with Crippen LogP contribution in [0.4, 0.5) is 0 Å². The summed E-state index contributed by atoms with van der Waals surface area (Å²) in [6.45, 7) is 21.9. The molecule has 0 unspecified atom stereocenters. The van der Waals surface area contributed by atoms with Crippen molar-refractivity contribution in [2.24, 2.45) is 0 Å². The van der Waals surface area contributed by atoms with Crippen LogP contribution in [0.3, 0.4) is 0 Å². The second-order valence-electron chi connectivity index (χ2n) is 12.1. The fourth-order valence-electron chi connectivity index (χ4n) is 4.52. The van der Waals surface area contributed by atoms with Gasteiger partial charge in [-0.3, -0.25) is 4.79 Å². The van der Waals surface area contributed by atoms with Crippen LogP contribution in [0.5, 0.6) is 5.75 Å². The van der Waals surface area contributed by atoms with Gasteiger partial charge in [0.05, 0.1) is 12.7 Å². The summed E-state index contributed by atoms with van der Waals surface area (Å²) in [7, 11) is 0. The second-order valence-corrected chi connectivity index (χ2v) is 14.5. The van der Waals surface area contributed by atoms with Crippen LogP contribution in [0.15, 0.2) is 12.1 Å². The van der Waals surface area contributed by atoms with Crippen molar-refractivity contribution in [3.05, 3.63) is 28.8 Å². The number of phenolic OH excluding ortho intramolecular Hbond substituents is 1. The lowest BCUT2D eigenvalue weighted by molar-refractivity contribution is 0.0261. The third-order valence-electron chi connectivity index (χ3n) is 5.72. The van der Waals surface area contributed by atoms with Crippen LogP contribution in [-0.2, 0) is 15.6 Å². The molecule has 0 atom stereocenters. The molecule has 0 saturated carbocycles. The Morgan fingerprint density at radius 1 is 1.00 bits per heavy atom. The first kappa shape index (κ1) is 25.3. The van der Waals surface area contributed by atoms with Crippen LogP contribution in [0.25, 0.3) is 0 Å². The molecule has 2 rings (SSSR count). The number of thioether (sulfide) groups is 1. The molecule has 0 bridgehead atoms. The Morgan fingerprint density at radius 2 is 1.43 bits per heavy atom. The largest absolute Gasteiger partial charge is 0.507 e. The first-order valence-corrected chi connectivity index (χ1v) is 12.0. The summed E-state index contributed by atoms with van der Waals surface area (Å²) in [6, 6.07) is 3.74. The number of ketones is 1. The van der Waals surface area contributed by atoms with Gasteiger partial charge in [0.1, 0.15) is 5.75 Å². The average molecular weight is 435 g/mol. The molecule has 1 aliphatic heterocycles. The molecule has 3 nitrogen and oxygen atoms in total. The van der Waals surface area contributed by atoms with Crippen LogP contribution in [0.2, 0.25) is 0 Å². The van der Waals surface area contributed by atoms with Crippen molar-refractivity contribution in [2.45, 2.75) is 115 Å². The van der Waals surface area contributed by atoms with E-state index in [1.54, 1.807) is 0 Å². The molecule has 170 valence electrons. The molecule has 1 aromatic rings. The van der Waals surface area contributed by atoms with Crippen molar-refractivity contribution < 1.29 is 14.6 Å². The molecule has 0 aliphatic carbocycles. The highest BCUT2D eigenvalue weighted by molar-refractivity contribution is 8.01. The van der Waals surface area contributed by atoms with Gasteiger partial charge in [-0.05, 0) is 35.8 Å². The van der Waals surface area contributed by atoms with E-state index in [9.17, 15) is 9.90 Å². The molecular formula is C26H42O3S. The lowest BCUT2D eigenvalue weighted by Crippen LogP contribution is -2.40. The predicted molar refractivity (Wildman–Crippen MR) is 129 cm³/mol. The molecule has 1 heterocycles. The summed E-state index contributed by atoms with van der Waals surface area (Å²) in [6.07, 6.45) is 2.58. The Balaban J connectivity index is 2.15. The summed E-state index contributed by atoms with van der Waals surface area (Å²) in [5, 5.41) is 10.9. The number of aromatic hydroxyl groups is 1. The number of Topliss-reactive ketones (excluding diaryl/α,β-unsaturated/α-hetero) is 1. The maximum Gasteiger partial charge on any atom is 0.165 e. The van der Waals surface area contributed by atoms with Gasteiger partial charge in [0.2, 0.25) is 0 Å². The number of carbonyl (C=O) groups excluding carboxylic acids is 1. The molecule has 0 radical (unpaired) electrons. The van der Waals surface area contributed by atoms with Crippen LogP contribution in [-0.4, -0.2) is 33.1 Å². The molecule has 1 aliphatic rings. The van der Waals surface area contributed by atoms with Gasteiger partial charge in [-0.25, -0.2) is 0 Å². The quantitative estimate of drug-likeness (QED) is 0.505. The standard InChI is InChI=1S/C26H42O3S/c1-23(2,3)19-13-17(14-20(22(19)28)24(4,5)6)21(27)11-12-29-18-15-25(7,8)30-26(9,10)16-18/h13-14,18,28H,11-12,15-16H2,1-10H3. The zero-order valence-corrected chi connectivity index (χ0v) is 21.5. The molecule has 0 spiro atoms. The lowest BCUT2D eigenvalue weighted by Gasteiger charge is -2.44. The van der Waals surface area contributed by atoms with Gasteiger partial charge >= 0.3 is 0 Å². The van der Waals surface area contributed by atoms with Gasteiger partial charge in [-0.2, -0.15) is 0 Å². The minimum atomic E-state index is -0.242. The third kappa shape index (κ3) is 6.50. The number of phenols is 1. The van der Waals surface area contributed by atoms with E-state index in [0.29, 0.717) is 24.3 Å². The molecule has 0 amide bonds. The molecule has 1 aromatic carbocycles. The first-order chi connectivity index (χ1) is 13.4. The Kier molecular flexibility index (Phi) is 7.16. The SMILES string of the molecule is CC1(C)CC(OCCC(=O)c2cc(C(C)(C)C)c(O)c(C(C)(C)C)c2)CC(C)(C)S1. The Bertz CT molecular complexity index is 727. The van der Waals surface area contributed by atoms with Gasteiger partial charge in [0, 0.05) is 32.6 Å². The van der Waals surface area contributed by atoms with E-state index in [4.69, 9.17) is 4.74 Å². The van der Waals surface area contributed by atoms with Gasteiger partial charge in [-0.15, -0.1) is 11.8 Å². The van der Waals surface area contributed by atoms with Crippen molar-refractivity contribution in [3.8, 4) is 5.75 Å². The van der Waals surface area contributed by atoms with Gasteiger partial charge in [0.25, 0.3) is 0 Å². The Hall–Kier alpha value is -1.00. The van der Waals surface area contributed by atoms with E-state index in [2.05, 4.69) is 69.2 Å². The summed E-state index contributed by atoms with van der Waals surface area (Å²) in [4.78, 5) is 13.0. The number of rotatable bonds is 5. The fraction of sp³-hybridized carbons (Fsp3) is 0.731. The van der Waals surface area contributed by atoms with Crippen molar-refractivity contribution >= 4 is 17.5 Å². The maximum atomic E-state index is 13.0. The first-order valence-electron chi connectivity index (χ1n) is 11.1.